The summed E-state index contributed by atoms with van der Waals surface area (Å²) in [5, 5.41) is 13.0. The van der Waals surface area contributed by atoms with Gasteiger partial charge in [-0.15, -0.1) is 11.3 Å². The zero-order valence-corrected chi connectivity index (χ0v) is 10.0. The van der Waals surface area contributed by atoms with Crippen LogP contribution in [0.2, 0.25) is 4.34 Å². The minimum absolute atomic E-state index is 0.443. The minimum atomic E-state index is -0.443. The van der Waals surface area contributed by atoms with Gasteiger partial charge in [0.15, 0.2) is 0 Å². The van der Waals surface area contributed by atoms with Crippen LogP contribution in [0, 0.1) is 0 Å². The summed E-state index contributed by atoms with van der Waals surface area (Å²) in [6, 6.07) is 4.13. The molecule has 2 atom stereocenters. The molecule has 2 nitrogen and oxygen atoms in total. The molecule has 0 radical (unpaired) electrons. The summed E-state index contributed by atoms with van der Waals surface area (Å²) < 4.78 is 0.725. The molecule has 0 aliphatic rings. The van der Waals surface area contributed by atoms with Crippen molar-refractivity contribution in [3.63, 3.8) is 0 Å². The Labute approximate surface area is 93.9 Å². The van der Waals surface area contributed by atoms with Gasteiger partial charge in [-0.2, -0.15) is 0 Å². The van der Waals surface area contributed by atoms with Gasteiger partial charge in [0.25, 0.3) is 0 Å². The predicted molar refractivity (Wildman–Crippen MR) is 62.0 cm³/mol. The third-order valence-electron chi connectivity index (χ3n) is 2.19. The molecular formula is C10H16ClNOS. The molecule has 2 N–H and O–H groups in total. The van der Waals surface area contributed by atoms with Crippen molar-refractivity contribution in [3.05, 3.63) is 21.3 Å². The SMILES string of the molecule is CCC(C)NCC(O)c1ccc(Cl)s1. The van der Waals surface area contributed by atoms with Gasteiger partial charge in [-0.25, -0.2) is 0 Å². The van der Waals surface area contributed by atoms with Gasteiger partial charge < -0.3 is 10.4 Å². The van der Waals surface area contributed by atoms with E-state index in [4.69, 9.17) is 11.6 Å². The van der Waals surface area contributed by atoms with Crippen molar-refractivity contribution < 1.29 is 5.11 Å². The van der Waals surface area contributed by atoms with Crippen LogP contribution in [0.25, 0.3) is 0 Å². The van der Waals surface area contributed by atoms with Crippen molar-refractivity contribution in [2.75, 3.05) is 6.54 Å². The summed E-state index contributed by atoms with van der Waals surface area (Å²) in [7, 11) is 0. The third-order valence-corrected chi connectivity index (χ3v) is 3.53. The van der Waals surface area contributed by atoms with Crippen molar-refractivity contribution >= 4 is 22.9 Å². The van der Waals surface area contributed by atoms with Gasteiger partial charge in [0.2, 0.25) is 0 Å². The van der Waals surface area contributed by atoms with Crippen molar-refractivity contribution in [2.45, 2.75) is 32.4 Å². The fraction of sp³-hybridized carbons (Fsp3) is 0.600. The van der Waals surface area contributed by atoms with Crippen molar-refractivity contribution in [3.8, 4) is 0 Å². The van der Waals surface area contributed by atoms with Gasteiger partial charge in [-0.3, -0.25) is 0 Å². The number of aliphatic hydroxyl groups is 1. The second-order valence-electron chi connectivity index (χ2n) is 3.38. The number of thiophene rings is 1. The van der Waals surface area contributed by atoms with Gasteiger partial charge in [-0.1, -0.05) is 18.5 Å². The molecule has 80 valence electrons. The standard InChI is InChI=1S/C10H16ClNOS/c1-3-7(2)12-6-8(13)9-4-5-10(11)14-9/h4-5,7-8,12-13H,3,6H2,1-2H3. The van der Waals surface area contributed by atoms with Crippen LogP contribution in [-0.2, 0) is 0 Å². The summed E-state index contributed by atoms with van der Waals surface area (Å²) in [5.41, 5.74) is 0. The number of nitrogens with one attached hydrogen (secondary N) is 1. The fourth-order valence-electron chi connectivity index (χ4n) is 1.07. The second-order valence-corrected chi connectivity index (χ2v) is 5.12. The number of hydrogen-bond donors (Lipinski definition) is 2. The summed E-state index contributed by atoms with van der Waals surface area (Å²) in [5.74, 6) is 0. The summed E-state index contributed by atoms with van der Waals surface area (Å²) >= 11 is 7.21. The average Bonchev–Trinajstić information content (AvgIpc) is 2.60. The van der Waals surface area contributed by atoms with Crippen LogP contribution in [0.15, 0.2) is 12.1 Å². The number of aliphatic hydroxyl groups excluding tert-OH is 1. The van der Waals surface area contributed by atoms with Gasteiger partial charge in [0.1, 0.15) is 6.10 Å². The Bertz CT molecular complexity index is 277. The molecule has 0 saturated heterocycles. The highest BCUT2D eigenvalue weighted by atomic mass is 35.5. The molecule has 1 aromatic rings. The molecule has 0 aliphatic carbocycles. The molecule has 0 bridgehead atoms. The lowest BCUT2D eigenvalue weighted by Gasteiger charge is -2.14. The number of rotatable bonds is 5. The summed E-state index contributed by atoms with van der Waals surface area (Å²) in [6.45, 7) is 4.81. The second kappa shape index (κ2) is 5.71. The molecule has 1 aromatic heterocycles. The molecule has 0 spiro atoms. The highest BCUT2D eigenvalue weighted by molar-refractivity contribution is 7.16. The van der Waals surface area contributed by atoms with Gasteiger partial charge >= 0.3 is 0 Å². The van der Waals surface area contributed by atoms with Crippen LogP contribution in [-0.4, -0.2) is 17.7 Å². The molecule has 0 fully saturated rings. The topological polar surface area (TPSA) is 32.3 Å². The van der Waals surface area contributed by atoms with Crippen LogP contribution in [0.4, 0.5) is 0 Å². The molecule has 0 amide bonds. The van der Waals surface area contributed by atoms with E-state index in [1.165, 1.54) is 11.3 Å². The summed E-state index contributed by atoms with van der Waals surface area (Å²) in [4.78, 5) is 0.922. The maximum absolute atomic E-state index is 9.77. The summed E-state index contributed by atoms with van der Waals surface area (Å²) in [6.07, 6.45) is 0.624. The molecule has 4 heteroatoms. The first-order valence-corrected chi connectivity index (χ1v) is 5.99. The Morgan fingerprint density at radius 3 is 2.79 bits per heavy atom. The van der Waals surface area contributed by atoms with Gasteiger partial charge in [0, 0.05) is 17.5 Å². The first kappa shape index (κ1) is 12.0. The van der Waals surface area contributed by atoms with E-state index in [9.17, 15) is 5.11 Å². The largest absolute Gasteiger partial charge is 0.386 e. The van der Waals surface area contributed by atoms with E-state index in [1.807, 2.05) is 12.1 Å². The van der Waals surface area contributed by atoms with Gasteiger partial charge in [-0.05, 0) is 25.5 Å². The molecule has 1 rings (SSSR count). The molecule has 0 saturated carbocycles. The lowest BCUT2D eigenvalue weighted by molar-refractivity contribution is 0.174. The zero-order valence-electron chi connectivity index (χ0n) is 8.46. The quantitative estimate of drug-likeness (QED) is 0.820. The Morgan fingerprint density at radius 1 is 1.57 bits per heavy atom. The molecular weight excluding hydrogens is 218 g/mol. The minimum Gasteiger partial charge on any atom is -0.386 e. The predicted octanol–water partition coefficient (Wildman–Crippen LogP) is 2.82. The Kier molecular flexibility index (Phi) is 4.89. The maximum Gasteiger partial charge on any atom is 0.101 e. The Hall–Kier alpha value is -0.0900. The van der Waals surface area contributed by atoms with Crippen LogP contribution >= 0.6 is 22.9 Å². The monoisotopic (exact) mass is 233 g/mol. The van der Waals surface area contributed by atoms with E-state index in [1.54, 1.807) is 0 Å². The fourth-order valence-corrected chi connectivity index (χ4v) is 2.11. The lowest BCUT2D eigenvalue weighted by Crippen LogP contribution is -2.29. The van der Waals surface area contributed by atoms with E-state index in [0.717, 1.165) is 15.6 Å². The third kappa shape index (κ3) is 3.58. The molecule has 1 heterocycles. The first-order valence-electron chi connectivity index (χ1n) is 4.80. The van der Waals surface area contributed by atoms with E-state index in [0.29, 0.717) is 12.6 Å². The van der Waals surface area contributed by atoms with Crippen molar-refractivity contribution in [1.82, 2.24) is 5.32 Å². The van der Waals surface area contributed by atoms with E-state index in [2.05, 4.69) is 19.2 Å². The Balaban J connectivity index is 2.39. The lowest BCUT2D eigenvalue weighted by atomic mass is 10.2. The smallest absolute Gasteiger partial charge is 0.101 e. The number of hydrogen-bond acceptors (Lipinski definition) is 3. The molecule has 2 unspecified atom stereocenters. The molecule has 0 aliphatic heterocycles. The van der Waals surface area contributed by atoms with Crippen molar-refractivity contribution in [2.24, 2.45) is 0 Å². The number of halogens is 1. The molecule has 0 aromatic carbocycles. The van der Waals surface area contributed by atoms with Crippen LogP contribution in [0.5, 0.6) is 0 Å². The zero-order chi connectivity index (χ0) is 10.6. The van der Waals surface area contributed by atoms with E-state index < -0.39 is 6.10 Å². The normalized spacial score (nSPS) is 15.4. The molecule has 14 heavy (non-hydrogen) atoms. The van der Waals surface area contributed by atoms with E-state index >= 15 is 0 Å². The van der Waals surface area contributed by atoms with Crippen LogP contribution in [0.3, 0.4) is 0 Å². The Morgan fingerprint density at radius 2 is 2.29 bits per heavy atom. The van der Waals surface area contributed by atoms with E-state index in [-0.39, 0.29) is 0 Å². The van der Waals surface area contributed by atoms with Gasteiger partial charge in [0.05, 0.1) is 4.34 Å². The van der Waals surface area contributed by atoms with Crippen LogP contribution in [0.1, 0.15) is 31.2 Å². The highest BCUT2D eigenvalue weighted by Crippen LogP contribution is 2.26. The maximum atomic E-state index is 9.77. The first-order chi connectivity index (χ1) is 6.63. The highest BCUT2D eigenvalue weighted by Gasteiger charge is 2.10. The average molecular weight is 234 g/mol. The van der Waals surface area contributed by atoms with Crippen molar-refractivity contribution in [1.29, 1.82) is 0 Å². The van der Waals surface area contributed by atoms with Crippen LogP contribution < -0.4 is 5.32 Å².